The number of nitrogens with zero attached hydrogens (tertiary/aromatic N) is 3. The first-order chi connectivity index (χ1) is 8.17. The molecule has 0 unspecified atom stereocenters. The molecule has 0 fully saturated rings. The number of aromatic nitrogens is 3. The lowest BCUT2D eigenvalue weighted by atomic mass is 10.2. The zero-order chi connectivity index (χ0) is 12.4. The molecule has 2 rings (SSSR count). The molecule has 1 aromatic heterocycles. The lowest BCUT2D eigenvalue weighted by Gasteiger charge is -2.06. The van der Waals surface area contributed by atoms with E-state index in [-0.39, 0.29) is 12.4 Å². The van der Waals surface area contributed by atoms with Gasteiger partial charge in [-0.2, -0.15) is 0 Å². The van der Waals surface area contributed by atoms with Gasteiger partial charge in [-0.1, -0.05) is 0 Å². The van der Waals surface area contributed by atoms with Crippen molar-refractivity contribution in [2.75, 3.05) is 0 Å². The second-order valence-electron chi connectivity index (χ2n) is 3.47. The minimum atomic E-state index is -0.348. The van der Waals surface area contributed by atoms with Crippen molar-refractivity contribution in [1.82, 2.24) is 14.8 Å². The number of hydrogen-bond donors (Lipinski definition) is 1. The van der Waals surface area contributed by atoms with E-state index in [4.69, 9.17) is 5.11 Å². The number of benzene rings is 1. The summed E-state index contributed by atoms with van der Waals surface area (Å²) in [7, 11) is 0. The third-order valence-corrected chi connectivity index (χ3v) is 3.11. The summed E-state index contributed by atoms with van der Waals surface area (Å²) in [4.78, 5) is 0. The molecule has 0 radical (unpaired) electrons. The van der Waals surface area contributed by atoms with Crippen molar-refractivity contribution in [2.45, 2.75) is 20.1 Å². The van der Waals surface area contributed by atoms with Gasteiger partial charge in [-0.25, -0.2) is 4.39 Å². The number of hydrogen-bond acceptors (Lipinski definition) is 3. The Morgan fingerprint density at radius 3 is 2.76 bits per heavy atom. The van der Waals surface area contributed by atoms with Crippen LogP contribution in [0.15, 0.2) is 22.7 Å². The van der Waals surface area contributed by atoms with E-state index < -0.39 is 0 Å². The molecule has 0 bridgehead atoms. The lowest BCUT2D eigenvalue weighted by Crippen LogP contribution is -2.03. The Morgan fingerprint density at radius 2 is 2.18 bits per heavy atom. The van der Waals surface area contributed by atoms with Gasteiger partial charge in [0.1, 0.15) is 12.4 Å². The quantitative estimate of drug-likeness (QED) is 0.946. The minimum absolute atomic E-state index is 0.181. The van der Waals surface area contributed by atoms with Crippen molar-refractivity contribution in [2.24, 2.45) is 0 Å². The van der Waals surface area contributed by atoms with Gasteiger partial charge in [0.25, 0.3) is 0 Å². The van der Waals surface area contributed by atoms with Crippen LogP contribution in [0.2, 0.25) is 0 Å². The van der Waals surface area contributed by atoms with Crippen molar-refractivity contribution in [3.8, 4) is 11.4 Å². The van der Waals surface area contributed by atoms with Crippen molar-refractivity contribution in [3.63, 3.8) is 0 Å². The highest BCUT2D eigenvalue weighted by Gasteiger charge is 2.13. The topological polar surface area (TPSA) is 50.9 Å². The summed E-state index contributed by atoms with van der Waals surface area (Å²) in [5.41, 5.74) is 0.639. The molecular formula is C11H11BrFN3O. The van der Waals surface area contributed by atoms with Crippen LogP contribution < -0.4 is 0 Å². The molecule has 1 heterocycles. The average Bonchev–Trinajstić information content (AvgIpc) is 2.75. The lowest BCUT2D eigenvalue weighted by molar-refractivity contribution is 0.265. The summed E-state index contributed by atoms with van der Waals surface area (Å²) in [6.07, 6.45) is 0. The highest BCUT2D eigenvalue weighted by molar-refractivity contribution is 9.10. The smallest absolute Gasteiger partial charge is 0.164 e. The normalized spacial score (nSPS) is 10.8. The Balaban J connectivity index is 2.52. The maximum absolute atomic E-state index is 13.4. The molecule has 17 heavy (non-hydrogen) atoms. The highest BCUT2D eigenvalue weighted by atomic mass is 79.9. The molecule has 2 aromatic rings. The van der Waals surface area contributed by atoms with Gasteiger partial charge < -0.3 is 9.67 Å². The number of aliphatic hydroxyl groups is 1. The van der Waals surface area contributed by atoms with E-state index in [0.717, 1.165) is 0 Å². The molecule has 0 aliphatic heterocycles. The van der Waals surface area contributed by atoms with E-state index >= 15 is 0 Å². The molecule has 0 spiro atoms. The van der Waals surface area contributed by atoms with Gasteiger partial charge in [0.2, 0.25) is 0 Å². The van der Waals surface area contributed by atoms with Crippen molar-refractivity contribution < 1.29 is 9.50 Å². The SMILES string of the molecule is CCn1c(CO)nnc1-c1ccc(Br)c(F)c1. The van der Waals surface area contributed by atoms with Gasteiger partial charge in [-0.05, 0) is 41.1 Å². The standard InChI is InChI=1S/C11H11BrFN3O/c1-2-16-10(6-17)14-15-11(16)7-3-4-8(12)9(13)5-7/h3-5,17H,2,6H2,1H3. The molecule has 90 valence electrons. The van der Waals surface area contributed by atoms with Gasteiger partial charge in [0, 0.05) is 12.1 Å². The predicted octanol–water partition coefficient (Wildman–Crippen LogP) is 2.36. The van der Waals surface area contributed by atoms with E-state index in [1.807, 2.05) is 6.92 Å². The predicted molar refractivity (Wildman–Crippen MR) is 64.7 cm³/mol. The van der Waals surface area contributed by atoms with Crippen LogP contribution in [-0.4, -0.2) is 19.9 Å². The second kappa shape index (κ2) is 4.93. The third-order valence-electron chi connectivity index (χ3n) is 2.46. The van der Waals surface area contributed by atoms with Crippen LogP contribution in [0.3, 0.4) is 0 Å². The van der Waals surface area contributed by atoms with Crippen LogP contribution in [0, 0.1) is 5.82 Å². The number of rotatable bonds is 3. The summed E-state index contributed by atoms with van der Waals surface area (Å²) in [6.45, 7) is 2.36. The molecule has 6 heteroatoms. The summed E-state index contributed by atoms with van der Waals surface area (Å²) in [5.74, 6) is 0.687. The van der Waals surface area contributed by atoms with Crippen molar-refractivity contribution >= 4 is 15.9 Å². The molecule has 0 saturated carbocycles. The molecule has 1 N–H and O–H groups in total. The van der Waals surface area contributed by atoms with Crippen LogP contribution in [0.1, 0.15) is 12.7 Å². The first-order valence-electron chi connectivity index (χ1n) is 5.15. The van der Waals surface area contributed by atoms with Crippen LogP contribution in [-0.2, 0) is 13.2 Å². The monoisotopic (exact) mass is 299 g/mol. The molecule has 0 amide bonds. The fourth-order valence-electron chi connectivity index (χ4n) is 1.63. The van der Waals surface area contributed by atoms with E-state index in [1.54, 1.807) is 16.7 Å². The van der Waals surface area contributed by atoms with E-state index in [0.29, 0.717) is 28.2 Å². The van der Waals surface area contributed by atoms with Gasteiger partial charge in [-0.3, -0.25) is 0 Å². The van der Waals surface area contributed by atoms with E-state index in [2.05, 4.69) is 26.1 Å². The Morgan fingerprint density at radius 1 is 1.41 bits per heavy atom. The Hall–Kier alpha value is -1.27. The summed E-state index contributed by atoms with van der Waals surface area (Å²) >= 11 is 3.10. The first-order valence-corrected chi connectivity index (χ1v) is 5.95. The molecule has 0 aliphatic rings. The van der Waals surface area contributed by atoms with Crippen molar-refractivity contribution in [1.29, 1.82) is 0 Å². The maximum Gasteiger partial charge on any atom is 0.164 e. The van der Waals surface area contributed by atoms with Crippen LogP contribution in [0.5, 0.6) is 0 Å². The molecular weight excluding hydrogens is 289 g/mol. The zero-order valence-corrected chi connectivity index (χ0v) is 10.8. The molecule has 1 aromatic carbocycles. The molecule has 0 saturated heterocycles. The van der Waals surface area contributed by atoms with Gasteiger partial charge >= 0.3 is 0 Å². The fraction of sp³-hybridized carbons (Fsp3) is 0.273. The average molecular weight is 300 g/mol. The minimum Gasteiger partial charge on any atom is -0.388 e. The maximum atomic E-state index is 13.4. The first kappa shape index (κ1) is 12.2. The molecule has 4 nitrogen and oxygen atoms in total. The Bertz CT molecular complexity index is 542. The van der Waals surface area contributed by atoms with Gasteiger partial charge in [0.15, 0.2) is 11.6 Å². The molecule has 0 atom stereocenters. The Kier molecular flexibility index (Phi) is 3.54. The second-order valence-corrected chi connectivity index (χ2v) is 4.33. The van der Waals surface area contributed by atoms with E-state index in [1.165, 1.54) is 6.07 Å². The highest BCUT2D eigenvalue weighted by Crippen LogP contribution is 2.23. The zero-order valence-electron chi connectivity index (χ0n) is 9.19. The van der Waals surface area contributed by atoms with Crippen LogP contribution >= 0.6 is 15.9 Å². The van der Waals surface area contributed by atoms with Gasteiger partial charge in [-0.15, -0.1) is 10.2 Å². The number of aliphatic hydroxyl groups excluding tert-OH is 1. The van der Waals surface area contributed by atoms with Gasteiger partial charge in [0.05, 0.1) is 4.47 Å². The largest absolute Gasteiger partial charge is 0.388 e. The fourth-order valence-corrected chi connectivity index (χ4v) is 1.88. The Labute approximate surface area is 106 Å². The van der Waals surface area contributed by atoms with Crippen LogP contribution in [0.4, 0.5) is 4.39 Å². The van der Waals surface area contributed by atoms with Crippen LogP contribution in [0.25, 0.3) is 11.4 Å². The van der Waals surface area contributed by atoms with E-state index in [9.17, 15) is 4.39 Å². The molecule has 0 aliphatic carbocycles. The van der Waals surface area contributed by atoms with Crippen molar-refractivity contribution in [3.05, 3.63) is 34.3 Å². The third kappa shape index (κ3) is 2.23. The summed E-state index contributed by atoms with van der Waals surface area (Å²) < 4.78 is 15.6. The summed E-state index contributed by atoms with van der Waals surface area (Å²) in [6, 6.07) is 4.77. The number of halogens is 2. The summed E-state index contributed by atoms with van der Waals surface area (Å²) in [5, 5.41) is 16.9.